The van der Waals surface area contributed by atoms with E-state index in [1.165, 1.54) is 18.4 Å². The average molecular weight is 123 g/mol. The summed E-state index contributed by atoms with van der Waals surface area (Å²) in [5.74, 6) is 0. The molecule has 41 valence electrons. The Kier molecular flexibility index (Phi) is 0.908. The highest BCUT2D eigenvalue weighted by Crippen LogP contribution is 2.26. The number of hydrogen-bond donors (Lipinski definition) is 0. The van der Waals surface area contributed by atoms with Crippen molar-refractivity contribution in [2.24, 2.45) is 0 Å². The maximum absolute atomic E-state index is 2.31. The summed E-state index contributed by atoms with van der Waals surface area (Å²) >= 11 is 1.81. The molecule has 1 aliphatic carbocycles. The SMILES string of the molecule is [CH]1CCc2cscc21. The molecule has 1 heteroatoms. The van der Waals surface area contributed by atoms with Crippen LogP contribution in [0, 0.1) is 6.42 Å². The van der Waals surface area contributed by atoms with Crippen LogP contribution in [0.1, 0.15) is 17.5 Å². The molecule has 0 unspecified atom stereocenters. The second kappa shape index (κ2) is 1.59. The molecule has 1 aromatic heterocycles. The van der Waals surface area contributed by atoms with Gasteiger partial charge in [-0.2, -0.15) is 11.3 Å². The normalized spacial score (nSPS) is 16.5. The smallest absolute Gasteiger partial charge is 0.00554 e. The van der Waals surface area contributed by atoms with Crippen LogP contribution >= 0.6 is 11.3 Å². The van der Waals surface area contributed by atoms with Crippen LogP contribution in [0.25, 0.3) is 0 Å². The molecule has 8 heavy (non-hydrogen) atoms. The summed E-state index contributed by atoms with van der Waals surface area (Å²) in [7, 11) is 0. The van der Waals surface area contributed by atoms with Gasteiger partial charge >= 0.3 is 0 Å². The summed E-state index contributed by atoms with van der Waals surface area (Å²) in [4.78, 5) is 0. The first-order valence-electron chi connectivity index (χ1n) is 2.85. The molecule has 0 nitrogen and oxygen atoms in total. The van der Waals surface area contributed by atoms with E-state index in [0.29, 0.717) is 0 Å². The summed E-state index contributed by atoms with van der Waals surface area (Å²) in [6.07, 6.45) is 4.85. The predicted molar refractivity (Wildman–Crippen MR) is 36.0 cm³/mol. The Hall–Kier alpha value is -0.300. The van der Waals surface area contributed by atoms with Crippen LogP contribution < -0.4 is 0 Å². The van der Waals surface area contributed by atoms with Gasteiger partial charge < -0.3 is 0 Å². The first-order chi connectivity index (χ1) is 3.97. The zero-order valence-electron chi connectivity index (χ0n) is 4.55. The summed E-state index contributed by atoms with van der Waals surface area (Å²) in [5.41, 5.74) is 3.03. The van der Waals surface area contributed by atoms with E-state index in [9.17, 15) is 0 Å². The number of aryl methyl sites for hydroxylation is 1. The van der Waals surface area contributed by atoms with Gasteiger partial charge in [0.1, 0.15) is 0 Å². The lowest BCUT2D eigenvalue weighted by Crippen LogP contribution is -1.66. The van der Waals surface area contributed by atoms with Crippen LogP contribution in [0.5, 0.6) is 0 Å². The highest BCUT2D eigenvalue weighted by Gasteiger charge is 2.09. The molecular weight excluding hydrogens is 116 g/mol. The number of hydrogen-bond acceptors (Lipinski definition) is 1. The molecule has 0 fully saturated rings. The zero-order chi connectivity index (χ0) is 5.40. The molecule has 0 amide bonds. The Morgan fingerprint density at radius 2 is 2.38 bits per heavy atom. The molecular formula is C7H7S. The fourth-order valence-corrected chi connectivity index (χ4v) is 1.98. The molecule has 1 radical (unpaired) electrons. The second-order valence-electron chi connectivity index (χ2n) is 2.10. The molecule has 1 aliphatic rings. The number of fused-ring (bicyclic) bond motifs is 1. The van der Waals surface area contributed by atoms with E-state index >= 15 is 0 Å². The summed E-state index contributed by atoms with van der Waals surface area (Å²) < 4.78 is 0. The molecule has 0 saturated heterocycles. The largest absolute Gasteiger partial charge is 0.152 e. The third kappa shape index (κ3) is 0.511. The van der Waals surface area contributed by atoms with Crippen molar-refractivity contribution in [3.05, 3.63) is 28.3 Å². The molecule has 1 heterocycles. The van der Waals surface area contributed by atoms with Crippen LogP contribution in [0.15, 0.2) is 10.8 Å². The lowest BCUT2D eigenvalue weighted by atomic mass is 10.2. The third-order valence-corrected chi connectivity index (χ3v) is 2.36. The summed E-state index contributed by atoms with van der Waals surface area (Å²) in [5, 5.41) is 4.47. The first-order valence-corrected chi connectivity index (χ1v) is 3.79. The molecule has 0 saturated carbocycles. The van der Waals surface area contributed by atoms with Gasteiger partial charge in [0.25, 0.3) is 0 Å². The van der Waals surface area contributed by atoms with Crippen molar-refractivity contribution >= 4 is 11.3 Å². The van der Waals surface area contributed by atoms with Gasteiger partial charge in [0, 0.05) is 0 Å². The Bertz CT molecular complexity index is 170. The van der Waals surface area contributed by atoms with Crippen molar-refractivity contribution in [3.63, 3.8) is 0 Å². The Morgan fingerprint density at radius 3 is 3.25 bits per heavy atom. The lowest BCUT2D eigenvalue weighted by Gasteiger charge is -1.79. The van der Waals surface area contributed by atoms with Crippen molar-refractivity contribution < 1.29 is 0 Å². The number of thiophene rings is 1. The van der Waals surface area contributed by atoms with E-state index < -0.39 is 0 Å². The lowest BCUT2D eigenvalue weighted by molar-refractivity contribution is 1.04. The average Bonchev–Trinajstić information content (AvgIpc) is 2.15. The maximum Gasteiger partial charge on any atom is -0.00554 e. The van der Waals surface area contributed by atoms with E-state index in [2.05, 4.69) is 17.2 Å². The van der Waals surface area contributed by atoms with Gasteiger partial charge in [-0.3, -0.25) is 0 Å². The summed E-state index contributed by atoms with van der Waals surface area (Å²) in [6, 6.07) is 0. The molecule has 0 spiro atoms. The van der Waals surface area contributed by atoms with Gasteiger partial charge in [-0.15, -0.1) is 0 Å². The van der Waals surface area contributed by atoms with Gasteiger partial charge in [0.15, 0.2) is 0 Å². The van der Waals surface area contributed by atoms with E-state index in [4.69, 9.17) is 0 Å². The van der Waals surface area contributed by atoms with E-state index in [0.717, 1.165) is 0 Å². The van der Waals surface area contributed by atoms with Crippen molar-refractivity contribution in [2.75, 3.05) is 0 Å². The zero-order valence-corrected chi connectivity index (χ0v) is 5.37. The van der Waals surface area contributed by atoms with Crippen LogP contribution in [0.4, 0.5) is 0 Å². The fourth-order valence-electron chi connectivity index (χ4n) is 1.10. The molecule has 0 aromatic carbocycles. The van der Waals surface area contributed by atoms with Crippen molar-refractivity contribution in [1.29, 1.82) is 0 Å². The quantitative estimate of drug-likeness (QED) is 0.496. The maximum atomic E-state index is 2.31. The highest BCUT2D eigenvalue weighted by molar-refractivity contribution is 7.08. The number of rotatable bonds is 0. The monoisotopic (exact) mass is 123 g/mol. The fraction of sp³-hybridized carbons (Fsp3) is 0.286. The second-order valence-corrected chi connectivity index (χ2v) is 2.84. The Morgan fingerprint density at radius 1 is 1.38 bits per heavy atom. The van der Waals surface area contributed by atoms with E-state index in [-0.39, 0.29) is 0 Å². The summed E-state index contributed by atoms with van der Waals surface area (Å²) in [6.45, 7) is 0. The van der Waals surface area contributed by atoms with Gasteiger partial charge in [-0.05, 0) is 41.1 Å². The predicted octanol–water partition coefficient (Wildman–Crippen LogP) is 2.25. The van der Waals surface area contributed by atoms with Gasteiger partial charge in [0.05, 0.1) is 0 Å². The minimum absolute atomic E-state index is 1.26. The van der Waals surface area contributed by atoms with E-state index in [1.807, 2.05) is 11.3 Å². The Labute approximate surface area is 53.2 Å². The minimum atomic E-state index is 1.26. The highest BCUT2D eigenvalue weighted by atomic mass is 32.1. The molecule has 0 atom stereocenters. The van der Waals surface area contributed by atoms with Gasteiger partial charge in [0.2, 0.25) is 0 Å². The van der Waals surface area contributed by atoms with Crippen molar-refractivity contribution in [2.45, 2.75) is 12.8 Å². The van der Waals surface area contributed by atoms with Crippen molar-refractivity contribution in [1.82, 2.24) is 0 Å². The first kappa shape index (κ1) is 4.57. The van der Waals surface area contributed by atoms with Crippen LogP contribution in [-0.2, 0) is 6.42 Å². The molecule has 0 aliphatic heterocycles. The van der Waals surface area contributed by atoms with Crippen LogP contribution in [0.2, 0.25) is 0 Å². The molecule has 0 bridgehead atoms. The van der Waals surface area contributed by atoms with Crippen LogP contribution in [-0.4, -0.2) is 0 Å². The van der Waals surface area contributed by atoms with Crippen LogP contribution in [0.3, 0.4) is 0 Å². The standard InChI is InChI=1S/C7H7S/c1-2-6-4-8-5-7(6)3-1/h2,4-5H,1,3H2. The Balaban J connectivity index is 2.54. The molecule has 2 rings (SSSR count). The topological polar surface area (TPSA) is 0 Å². The molecule has 1 aromatic rings. The van der Waals surface area contributed by atoms with Crippen molar-refractivity contribution in [3.8, 4) is 0 Å². The van der Waals surface area contributed by atoms with Gasteiger partial charge in [-0.25, -0.2) is 0 Å². The molecule has 0 N–H and O–H groups in total. The van der Waals surface area contributed by atoms with Gasteiger partial charge in [-0.1, -0.05) is 0 Å². The van der Waals surface area contributed by atoms with E-state index in [1.54, 1.807) is 5.56 Å². The minimum Gasteiger partial charge on any atom is -0.152 e. The third-order valence-electron chi connectivity index (χ3n) is 1.55.